The summed E-state index contributed by atoms with van der Waals surface area (Å²) in [5, 5.41) is 38.1. The van der Waals surface area contributed by atoms with Crippen LogP contribution in [0.5, 0.6) is 0 Å². The molecule has 0 aliphatic heterocycles. The van der Waals surface area contributed by atoms with E-state index in [9.17, 15) is 24.9 Å². The normalized spacial score (nSPS) is 25.4. The first kappa shape index (κ1) is 23.1. The Morgan fingerprint density at radius 1 is 1.04 bits per heavy atom. The summed E-state index contributed by atoms with van der Waals surface area (Å²) in [6.45, 7) is 1.74. The molecule has 0 bridgehead atoms. The quantitative estimate of drug-likeness (QED) is 0.349. The predicted molar refractivity (Wildman–Crippen MR) is 98.7 cm³/mol. The van der Waals surface area contributed by atoms with Crippen molar-refractivity contribution in [2.45, 2.75) is 102 Å². The third-order valence-corrected chi connectivity index (χ3v) is 5.48. The van der Waals surface area contributed by atoms with Crippen molar-refractivity contribution in [2.75, 3.05) is 0 Å². The number of hydrogen-bond donors (Lipinski definition) is 4. The molecule has 1 rings (SSSR count). The molecule has 0 spiro atoms. The van der Waals surface area contributed by atoms with Gasteiger partial charge in [0, 0.05) is 18.8 Å². The second-order valence-corrected chi connectivity index (χ2v) is 7.87. The summed E-state index contributed by atoms with van der Waals surface area (Å²) in [5.74, 6) is -0.857. The van der Waals surface area contributed by atoms with E-state index in [1.165, 1.54) is 0 Å². The molecular formula is C20H36O6. The number of aliphatic hydroxyl groups excluding tert-OH is 3. The van der Waals surface area contributed by atoms with E-state index in [1.54, 1.807) is 6.92 Å². The van der Waals surface area contributed by atoms with Gasteiger partial charge in [0.2, 0.25) is 0 Å². The van der Waals surface area contributed by atoms with E-state index < -0.39 is 18.2 Å². The highest BCUT2D eigenvalue weighted by atomic mass is 16.4. The molecule has 152 valence electrons. The average molecular weight is 373 g/mol. The second kappa shape index (κ2) is 12.4. The summed E-state index contributed by atoms with van der Waals surface area (Å²) in [4.78, 5) is 22.7. The van der Waals surface area contributed by atoms with Crippen molar-refractivity contribution in [3.63, 3.8) is 0 Å². The number of carbonyl (C=O) groups excluding carboxylic acids is 1. The van der Waals surface area contributed by atoms with Gasteiger partial charge in [0.1, 0.15) is 5.78 Å². The van der Waals surface area contributed by atoms with Crippen molar-refractivity contribution < 1.29 is 30.0 Å². The molecule has 6 heteroatoms. The number of ketones is 1. The summed E-state index contributed by atoms with van der Waals surface area (Å²) in [7, 11) is 0. The Bertz CT molecular complexity index is 423. The van der Waals surface area contributed by atoms with Gasteiger partial charge in [-0.15, -0.1) is 0 Å². The fourth-order valence-electron chi connectivity index (χ4n) is 3.96. The molecule has 5 atom stereocenters. The van der Waals surface area contributed by atoms with Crippen LogP contribution < -0.4 is 0 Å². The standard InChI is InChI=1S/C20H36O6/c1-14(21)7-6-8-15(22)11-12-17-16(18(23)13-19(17)24)9-4-2-3-5-10-20(25)26/h14-17,19,21-22,24H,2-13H2,1H3,(H,25,26)/t14?,15?,16?,17-,19?/m1/s1. The van der Waals surface area contributed by atoms with Gasteiger partial charge < -0.3 is 20.4 Å². The number of aliphatic hydroxyl groups is 3. The van der Waals surface area contributed by atoms with Crippen LogP contribution >= 0.6 is 0 Å². The first-order valence-corrected chi connectivity index (χ1v) is 10.1. The lowest BCUT2D eigenvalue weighted by Crippen LogP contribution is -2.22. The van der Waals surface area contributed by atoms with E-state index in [4.69, 9.17) is 5.11 Å². The lowest BCUT2D eigenvalue weighted by Gasteiger charge is -2.22. The van der Waals surface area contributed by atoms with Crippen molar-refractivity contribution in [1.82, 2.24) is 0 Å². The number of aliphatic carboxylic acids is 1. The molecule has 4 unspecified atom stereocenters. The van der Waals surface area contributed by atoms with E-state index in [0.29, 0.717) is 32.1 Å². The predicted octanol–water partition coefficient (Wildman–Crippen LogP) is 2.67. The maximum Gasteiger partial charge on any atom is 0.303 e. The van der Waals surface area contributed by atoms with Crippen molar-refractivity contribution in [2.24, 2.45) is 11.8 Å². The number of carboxylic acid groups (broad SMARTS) is 1. The highest BCUT2D eigenvalue weighted by Crippen LogP contribution is 2.36. The van der Waals surface area contributed by atoms with Gasteiger partial charge in [0.05, 0.1) is 18.3 Å². The van der Waals surface area contributed by atoms with Gasteiger partial charge in [-0.2, -0.15) is 0 Å². The topological polar surface area (TPSA) is 115 Å². The molecule has 0 saturated heterocycles. The number of hydrogen-bond acceptors (Lipinski definition) is 5. The first-order valence-electron chi connectivity index (χ1n) is 10.1. The minimum absolute atomic E-state index is 0.0760. The molecule has 0 amide bonds. The van der Waals surface area contributed by atoms with E-state index in [0.717, 1.165) is 32.1 Å². The van der Waals surface area contributed by atoms with Crippen LogP contribution in [-0.2, 0) is 9.59 Å². The van der Waals surface area contributed by atoms with Crippen LogP contribution in [0.15, 0.2) is 0 Å². The van der Waals surface area contributed by atoms with Gasteiger partial charge in [-0.3, -0.25) is 9.59 Å². The smallest absolute Gasteiger partial charge is 0.303 e. The van der Waals surface area contributed by atoms with Gasteiger partial charge in [0.15, 0.2) is 0 Å². The Balaban J connectivity index is 2.30. The van der Waals surface area contributed by atoms with Crippen LogP contribution in [0.3, 0.4) is 0 Å². The molecule has 1 aliphatic carbocycles. The first-order chi connectivity index (χ1) is 12.3. The molecule has 0 aromatic rings. The van der Waals surface area contributed by atoms with Crippen LogP contribution in [0.25, 0.3) is 0 Å². The summed E-state index contributed by atoms with van der Waals surface area (Å²) < 4.78 is 0. The Labute approximate surface area is 156 Å². The van der Waals surface area contributed by atoms with Crippen molar-refractivity contribution in [1.29, 1.82) is 0 Å². The zero-order valence-electron chi connectivity index (χ0n) is 16.0. The maximum absolute atomic E-state index is 12.2. The van der Waals surface area contributed by atoms with Gasteiger partial charge in [0.25, 0.3) is 0 Å². The van der Waals surface area contributed by atoms with Gasteiger partial charge >= 0.3 is 5.97 Å². The van der Waals surface area contributed by atoms with Gasteiger partial charge in [-0.25, -0.2) is 0 Å². The molecule has 6 nitrogen and oxygen atoms in total. The third kappa shape index (κ3) is 9.10. The minimum Gasteiger partial charge on any atom is -0.481 e. The molecule has 0 heterocycles. The summed E-state index contributed by atoms with van der Waals surface area (Å²) >= 11 is 0. The fraction of sp³-hybridized carbons (Fsp3) is 0.900. The van der Waals surface area contributed by atoms with E-state index >= 15 is 0 Å². The fourth-order valence-corrected chi connectivity index (χ4v) is 3.96. The second-order valence-electron chi connectivity index (χ2n) is 7.87. The van der Waals surface area contributed by atoms with Gasteiger partial charge in [-0.1, -0.05) is 19.3 Å². The van der Waals surface area contributed by atoms with E-state index in [-0.39, 0.29) is 36.6 Å². The average Bonchev–Trinajstić information content (AvgIpc) is 2.81. The van der Waals surface area contributed by atoms with E-state index in [2.05, 4.69) is 0 Å². The SMILES string of the molecule is CC(O)CCCC(O)CC[C@H]1C(O)CC(=O)C1CCCCCCC(=O)O. The number of carboxylic acids is 1. The van der Waals surface area contributed by atoms with Crippen LogP contribution in [0.2, 0.25) is 0 Å². The van der Waals surface area contributed by atoms with Crippen molar-refractivity contribution in [3.05, 3.63) is 0 Å². The molecule has 26 heavy (non-hydrogen) atoms. The Morgan fingerprint density at radius 2 is 1.73 bits per heavy atom. The molecule has 0 radical (unpaired) electrons. The summed E-state index contributed by atoms with van der Waals surface area (Å²) in [6.07, 6.45) is 6.32. The molecule has 4 N–H and O–H groups in total. The molecular weight excluding hydrogens is 336 g/mol. The zero-order valence-corrected chi connectivity index (χ0v) is 16.0. The Morgan fingerprint density at radius 3 is 2.38 bits per heavy atom. The van der Waals surface area contributed by atoms with Crippen LogP contribution in [-0.4, -0.2) is 50.5 Å². The van der Waals surface area contributed by atoms with Crippen LogP contribution in [0, 0.1) is 11.8 Å². The third-order valence-electron chi connectivity index (χ3n) is 5.48. The highest BCUT2D eigenvalue weighted by Gasteiger charge is 2.40. The number of rotatable bonds is 14. The maximum atomic E-state index is 12.2. The van der Waals surface area contributed by atoms with Gasteiger partial charge in [-0.05, 0) is 57.8 Å². The van der Waals surface area contributed by atoms with Crippen LogP contribution in [0.1, 0.15) is 84.0 Å². The van der Waals surface area contributed by atoms with Crippen molar-refractivity contribution in [3.8, 4) is 0 Å². The number of Topliss-reactive ketones (excluding diaryl/α,β-unsaturated/α-hetero) is 1. The molecule has 0 aromatic heterocycles. The molecule has 1 aliphatic rings. The van der Waals surface area contributed by atoms with Crippen molar-refractivity contribution >= 4 is 11.8 Å². The molecule has 1 fully saturated rings. The summed E-state index contributed by atoms with van der Waals surface area (Å²) in [6, 6.07) is 0. The minimum atomic E-state index is -0.772. The summed E-state index contributed by atoms with van der Waals surface area (Å²) in [5.41, 5.74) is 0. The molecule has 0 aromatic carbocycles. The Kier molecular flexibility index (Phi) is 11.0. The lowest BCUT2D eigenvalue weighted by atomic mass is 9.85. The monoisotopic (exact) mass is 372 g/mol. The highest BCUT2D eigenvalue weighted by molar-refractivity contribution is 5.84. The zero-order chi connectivity index (χ0) is 19.5. The van der Waals surface area contributed by atoms with Crippen LogP contribution in [0.4, 0.5) is 0 Å². The number of carbonyl (C=O) groups is 2. The number of unbranched alkanes of at least 4 members (excludes halogenated alkanes) is 3. The van der Waals surface area contributed by atoms with E-state index in [1.807, 2.05) is 0 Å². The lowest BCUT2D eigenvalue weighted by molar-refractivity contribution is -0.137. The molecule has 1 saturated carbocycles. The Hall–Kier alpha value is -0.980. The largest absolute Gasteiger partial charge is 0.481 e.